The fraction of sp³-hybridized carbons (Fsp3) is 0.200. The molecule has 0 saturated carbocycles. The van der Waals surface area contributed by atoms with E-state index >= 15 is 0 Å². The van der Waals surface area contributed by atoms with Crippen molar-refractivity contribution in [1.29, 1.82) is 0 Å². The number of phenolic OH excluding ortho intramolecular Hbond substituents is 2. The molecule has 0 atom stereocenters. The molecule has 1 aromatic carbocycles. The third-order valence-electron chi connectivity index (χ3n) is 3.08. The normalized spacial score (nSPS) is 11.6. The van der Waals surface area contributed by atoms with Crippen molar-refractivity contribution in [3.8, 4) is 11.5 Å². The average molecular weight is 272 g/mol. The second kappa shape index (κ2) is 6.06. The fourth-order valence-corrected chi connectivity index (χ4v) is 2.00. The van der Waals surface area contributed by atoms with E-state index in [4.69, 9.17) is 0 Å². The first-order valence-corrected chi connectivity index (χ1v) is 6.31. The molecule has 5 nitrogen and oxygen atoms in total. The molecule has 0 spiro atoms. The van der Waals surface area contributed by atoms with Gasteiger partial charge in [-0.25, -0.2) is 0 Å². The van der Waals surface area contributed by atoms with Crippen LogP contribution in [0.15, 0.2) is 41.7 Å². The van der Waals surface area contributed by atoms with Crippen molar-refractivity contribution in [2.75, 3.05) is 0 Å². The Morgan fingerprint density at radius 3 is 2.60 bits per heavy atom. The first-order valence-electron chi connectivity index (χ1n) is 6.31. The monoisotopic (exact) mass is 272 g/mol. The summed E-state index contributed by atoms with van der Waals surface area (Å²) in [5.41, 5.74) is 2.11. The number of aromatic nitrogens is 1. The molecule has 104 valence electrons. The summed E-state index contributed by atoms with van der Waals surface area (Å²) in [7, 11) is 0. The molecule has 1 heterocycles. The van der Waals surface area contributed by atoms with Gasteiger partial charge in [-0.1, -0.05) is 18.1 Å². The van der Waals surface area contributed by atoms with Gasteiger partial charge in [-0.15, -0.1) is 0 Å². The molecule has 0 amide bonds. The Morgan fingerprint density at radius 2 is 2.00 bits per heavy atom. The van der Waals surface area contributed by atoms with Crippen LogP contribution in [0.5, 0.6) is 11.5 Å². The lowest BCUT2D eigenvalue weighted by Gasteiger charge is -2.10. The number of pyridine rings is 1. The van der Waals surface area contributed by atoms with Crippen LogP contribution in [0.3, 0.4) is 0 Å². The summed E-state index contributed by atoms with van der Waals surface area (Å²) in [5.74, 6) is -0.0905. The topological polar surface area (TPSA) is 85.9 Å². The molecule has 2 rings (SSSR count). The summed E-state index contributed by atoms with van der Waals surface area (Å²) in [6.45, 7) is 1.89. The zero-order chi connectivity index (χ0) is 14.5. The van der Waals surface area contributed by atoms with Crippen molar-refractivity contribution in [2.45, 2.75) is 19.8 Å². The summed E-state index contributed by atoms with van der Waals surface area (Å²) in [6, 6.07) is 8.34. The van der Waals surface area contributed by atoms with Gasteiger partial charge in [0, 0.05) is 29.9 Å². The SMILES string of the molecule is CCc1cc(/C(Cc2ccccn2)=N\O)c(O)cc1O. The number of oxime groups is 1. The number of aryl methyl sites for hydroxylation is 1. The van der Waals surface area contributed by atoms with Crippen molar-refractivity contribution >= 4 is 5.71 Å². The van der Waals surface area contributed by atoms with Crippen molar-refractivity contribution in [3.05, 3.63) is 53.3 Å². The predicted octanol–water partition coefficient (Wildman–Crippen LogP) is 2.48. The van der Waals surface area contributed by atoms with Crippen LogP contribution in [-0.4, -0.2) is 26.1 Å². The highest BCUT2D eigenvalue weighted by Gasteiger charge is 2.14. The molecule has 3 N–H and O–H groups in total. The Morgan fingerprint density at radius 1 is 1.20 bits per heavy atom. The third-order valence-corrected chi connectivity index (χ3v) is 3.08. The van der Waals surface area contributed by atoms with Gasteiger partial charge in [-0.05, 0) is 30.2 Å². The van der Waals surface area contributed by atoms with Crippen LogP contribution in [0.2, 0.25) is 0 Å². The van der Waals surface area contributed by atoms with E-state index in [9.17, 15) is 15.4 Å². The van der Waals surface area contributed by atoms with Gasteiger partial charge in [0.2, 0.25) is 0 Å². The molecule has 2 aromatic rings. The number of phenols is 2. The van der Waals surface area contributed by atoms with Gasteiger partial charge < -0.3 is 15.4 Å². The predicted molar refractivity (Wildman–Crippen MR) is 75.4 cm³/mol. The van der Waals surface area contributed by atoms with Gasteiger partial charge in [-0.3, -0.25) is 4.98 Å². The molecule has 0 fully saturated rings. The molecule has 0 bridgehead atoms. The Labute approximate surface area is 116 Å². The Bertz CT molecular complexity index is 625. The van der Waals surface area contributed by atoms with E-state index in [1.165, 1.54) is 6.07 Å². The minimum atomic E-state index is -0.122. The summed E-state index contributed by atoms with van der Waals surface area (Å²) >= 11 is 0. The van der Waals surface area contributed by atoms with E-state index in [1.54, 1.807) is 18.3 Å². The van der Waals surface area contributed by atoms with E-state index in [0.29, 0.717) is 29.7 Å². The van der Waals surface area contributed by atoms with Gasteiger partial charge in [0.15, 0.2) is 0 Å². The Hall–Kier alpha value is -2.56. The Kier molecular flexibility index (Phi) is 4.20. The number of benzene rings is 1. The molecule has 0 unspecified atom stereocenters. The number of aromatic hydroxyl groups is 2. The largest absolute Gasteiger partial charge is 0.508 e. The molecular weight excluding hydrogens is 256 g/mol. The summed E-state index contributed by atoms with van der Waals surface area (Å²) < 4.78 is 0. The first-order chi connectivity index (χ1) is 9.65. The number of rotatable bonds is 4. The summed E-state index contributed by atoms with van der Waals surface area (Å²) in [6.07, 6.45) is 2.55. The van der Waals surface area contributed by atoms with Crippen molar-refractivity contribution < 1.29 is 15.4 Å². The van der Waals surface area contributed by atoms with Crippen LogP contribution < -0.4 is 0 Å². The minimum Gasteiger partial charge on any atom is -0.508 e. The van der Waals surface area contributed by atoms with Crippen LogP contribution in [0.4, 0.5) is 0 Å². The molecule has 0 radical (unpaired) electrons. The number of hydrogen-bond donors (Lipinski definition) is 3. The zero-order valence-corrected chi connectivity index (χ0v) is 11.1. The van der Waals surface area contributed by atoms with Crippen LogP contribution in [0, 0.1) is 0 Å². The van der Waals surface area contributed by atoms with Gasteiger partial charge >= 0.3 is 0 Å². The third kappa shape index (κ3) is 2.88. The van der Waals surface area contributed by atoms with E-state index in [1.807, 2.05) is 19.1 Å². The lowest BCUT2D eigenvalue weighted by Crippen LogP contribution is -2.08. The molecule has 0 aliphatic carbocycles. The van der Waals surface area contributed by atoms with Gasteiger partial charge in [0.25, 0.3) is 0 Å². The second-order valence-electron chi connectivity index (χ2n) is 4.40. The maximum atomic E-state index is 9.92. The van der Waals surface area contributed by atoms with Crippen molar-refractivity contribution in [1.82, 2.24) is 4.98 Å². The molecule has 1 aromatic heterocycles. The van der Waals surface area contributed by atoms with E-state index in [2.05, 4.69) is 10.1 Å². The molecule has 20 heavy (non-hydrogen) atoms. The van der Waals surface area contributed by atoms with Crippen molar-refractivity contribution in [2.24, 2.45) is 5.16 Å². The highest BCUT2D eigenvalue weighted by atomic mass is 16.4. The van der Waals surface area contributed by atoms with Crippen LogP contribution in [0.25, 0.3) is 0 Å². The summed E-state index contributed by atoms with van der Waals surface area (Å²) in [5, 5.41) is 32.0. The molecule has 0 aliphatic rings. The van der Waals surface area contributed by atoms with Gasteiger partial charge in [0.1, 0.15) is 11.5 Å². The van der Waals surface area contributed by atoms with Crippen LogP contribution in [0.1, 0.15) is 23.7 Å². The van der Waals surface area contributed by atoms with Gasteiger partial charge in [-0.2, -0.15) is 0 Å². The highest BCUT2D eigenvalue weighted by Crippen LogP contribution is 2.28. The van der Waals surface area contributed by atoms with E-state index in [0.717, 1.165) is 5.69 Å². The zero-order valence-electron chi connectivity index (χ0n) is 11.1. The lowest BCUT2D eigenvalue weighted by atomic mass is 10.00. The number of nitrogens with zero attached hydrogens (tertiary/aromatic N) is 2. The highest BCUT2D eigenvalue weighted by molar-refractivity contribution is 6.03. The van der Waals surface area contributed by atoms with Crippen molar-refractivity contribution in [3.63, 3.8) is 0 Å². The molecule has 0 aliphatic heterocycles. The van der Waals surface area contributed by atoms with E-state index < -0.39 is 0 Å². The first kappa shape index (κ1) is 13.9. The van der Waals surface area contributed by atoms with Crippen LogP contribution in [-0.2, 0) is 12.8 Å². The number of hydrogen-bond acceptors (Lipinski definition) is 5. The van der Waals surface area contributed by atoms with Gasteiger partial charge in [0.05, 0.1) is 5.71 Å². The van der Waals surface area contributed by atoms with Crippen LogP contribution >= 0.6 is 0 Å². The Balaban J connectivity index is 2.38. The van der Waals surface area contributed by atoms with E-state index in [-0.39, 0.29) is 11.5 Å². The molecular formula is C15H16N2O3. The lowest BCUT2D eigenvalue weighted by molar-refractivity contribution is 0.318. The quantitative estimate of drug-likeness (QED) is 0.453. The second-order valence-corrected chi connectivity index (χ2v) is 4.40. The minimum absolute atomic E-state index is 0.0314. The summed E-state index contributed by atoms with van der Waals surface area (Å²) in [4.78, 5) is 4.16. The maximum absolute atomic E-state index is 9.92. The molecule has 0 saturated heterocycles. The smallest absolute Gasteiger partial charge is 0.128 e. The fourth-order valence-electron chi connectivity index (χ4n) is 2.00. The average Bonchev–Trinajstić information content (AvgIpc) is 2.46. The standard InChI is InChI=1S/C15H16N2O3/c1-2-10-7-12(15(19)9-14(10)18)13(17-20)8-11-5-3-4-6-16-11/h3-7,9,18-20H,2,8H2,1H3/b17-13-. The molecule has 5 heteroatoms. The maximum Gasteiger partial charge on any atom is 0.128 e.